The number of halogens is 6. The second-order valence-electron chi connectivity index (χ2n) is 20.1. The first-order chi connectivity index (χ1) is 41.8. The number of aliphatic hydroxyl groups is 2. The number of hydrogen-bond acceptors (Lipinski definition) is 17. The Labute approximate surface area is 508 Å². The number of aliphatic hydroxyl groups excluding tert-OH is 2. The molecule has 1 saturated heterocycles. The molecular formula is C57H70F6N10O15S. The third-order valence-corrected chi connectivity index (χ3v) is 13.9. The molecule has 6 rings (SSSR count). The van der Waals surface area contributed by atoms with Crippen molar-refractivity contribution in [2.45, 2.75) is 90.0 Å². The van der Waals surface area contributed by atoms with Gasteiger partial charge >= 0.3 is 12.0 Å². The number of carbonyl (C=O) groups excluding carboxylic acids is 5. The van der Waals surface area contributed by atoms with Crippen molar-refractivity contribution in [1.82, 2.24) is 24.9 Å². The summed E-state index contributed by atoms with van der Waals surface area (Å²) in [5.41, 5.74) is 13.1. The molecule has 6 atom stereocenters. The first-order valence-corrected chi connectivity index (χ1v) is 29.0. The Hall–Kier alpha value is -8.00. The average Bonchev–Trinajstić information content (AvgIpc) is 1.64. The standard InChI is InChI=1S/C56H66F6N10O15S.CH3/c1-4-85-38-9-5-8-36(57)35(38)15-12-33-28-72(55-50(77)49(76)39(86-55)26-68-88(65,80)81)54-42(33)52(63)67-29-71(54)27-31-10-13-34(14-11-31)69-53(78)32(7-6-18-66-56(64)79)25-37(73)48(30(2)3)70-40(74)16-19-82-21-23-84-24-22-83-20-17-41(75)87-51-46(61)44(59)43(58)45(60)47(51)62;/h5,8-11,13-14,28-30,32,39,48-50,55,63,68,76-77H,4,6-7,16-27H2,1-3H3,(H7,64,65,66,69,70,74,78,79,80,81);1H3/q;-1/p+1/t32-,39-,48+,49-,50-,55-;/m1./s1. The number of carbonyl (C=O) groups is 5. The second-order valence-corrected chi connectivity index (χ2v) is 21.5. The highest BCUT2D eigenvalue weighted by atomic mass is 32.2. The molecule has 0 bridgehead atoms. The van der Waals surface area contributed by atoms with E-state index < -0.39 is 136 Å². The van der Waals surface area contributed by atoms with Crippen LogP contribution in [0.25, 0.3) is 11.0 Å². The molecule has 0 spiro atoms. The number of benzene rings is 3. The molecule has 32 heteroatoms. The maximum atomic E-state index is 15.2. The number of amides is 4. The van der Waals surface area contributed by atoms with E-state index in [9.17, 15) is 64.6 Å². The van der Waals surface area contributed by atoms with E-state index in [1.165, 1.54) is 29.2 Å². The zero-order chi connectivity index (χ0) is 64.4. The molecule has 1 aliphatic heterocycles. The molecule has 1 fully saturated rings. The number of nitrogens with one attached hydrogen (secondary N) is 4. The molecule has 5 aromatic rings. The number of primary amides is 1. The van der Waals surface area contributed by atoms with Gasteiger partial charge in [-0.3, -0.25) is 19.2 Å². The van der Waals surface area contributed by atoms with Crippen molar-refractivity contribution in [1.29, 1.82) is 0 Å². The number of anilines is 2. The Bertz CT molecular complexity index is 3460. The quantitative estimate of drug-likeness (QED) is 0.00344. The van der Waals surface area contributed by atoms with E-state index >= 15 is 4.39 Å². The first kappa shape index (κ1) is 71.8. The lowest BCUT2D eigenvalue weighted by Crippen LogP contribution is -2.45. The van der Waals surface area contributed by atoms with Crippen LogP contribution in [0.5, 0.6) is 11.5 Å². The van der Waals surface area contributed by atoms with Gasteiger partial charge in [0.25, 0.3) is 10.2 Å². The van der Waals surface area contributed by atoms with Crippen molar-refractivity contribution in [2.24, 2.45) is 22.7 Å². The predicted molar refractivity (Wildman–Crippen MR) is 306 cm³/mol. The zero-order valence-corrected chi connectivity index (χ0v) is 49.6. The van der Waals surface area contributed by atoms with Crippen LogP contribution in [-0.4, -0.2) is 141 Å². The SMILES string of the molecule is CCOc1cccc(F)c1C#Cc1cn([C@@H]2O[C@H](CNS(N)(=O)=O)[C@@H](O)[C@H]2O)c2c1c(N)nc[n+]2Cc1ccc(NC(=O)[C@H](CCCNC(N)=O)CC(=O)[C@@H](NC(=O)CCOCCOCCOCCC(=O)Oc2c(F)c(F)c(F)c(F)c2F)C(C)C)cc1.[CH3-]. The molecule has 12 N–H and O–H groups in total. The summed E-state index contributed by atoms with van der Waals surface area (Å²) in [6.45, 7) is 4.62. The largest absolute Gasteiger partial charge is 0.492 e. The summed E-state index contributed by atoms with van der Waals surface area (Å²) >= 11 is 0. The predicted octanol–water partition coefficient (Wildman–Crippen LogP) is 2.99. The first-order valence-electron chi connectivity index (χ1n) is 27.4. The minimum atomic E-state index is -4.23. The van der Waals surface area contributed by atoms with Gasteiger partial charge in [-0.25, -0.2) is 36.6 Å². The van der Waals surface area contributed by atoms with E-state index in [0.717, 1.165) is 0 Å². The fourth-order valence-electron chi connectivity index (χ4n) is 9.03. The van der Waals surface area contributed by atoms with Gasteiger partial charge in [-0.15, -0.1) is 0 Å². The van der Waals surface area contributed by atoms with Crippen molar-refractivity contribution in [3.05, 3.63) is 114 Å². The number of esters is 1. The van der Waals surface area contributed by atoms with E-state index in [-0.39, 0.29) is 126 Å². The van der Waals surface area contributed by atoms with Gasteiger partial charge < -0.3 is 73.5 Å². The van der Waals surface area contributed by atoms with Crippen LogP contribution in [0.3, 0.4) is 0 Å². The van der Waals surface area contributed by atoms with Crippen molar-refractivity contribution < 1.29 is 102 Å². The van der Waals surface area contributed by atoms with Gasteiger partial charge in [0.1, 0.15) is 40.8 Å². The topological polar surface area (TPSA) is 363 Å². The minimum Gasteiger partial charge on any atom is -0.492 e. The summed E-state index contributed by atoms with van der Waals surface area (Å²) in [6, 6.07) is 9.00. The number of rotatable bonds is 32. The number of nitrogens with two attached hydrogens (primary N) is 3. The summed E-state index contributed by atoms with van der Waals surface area (Å²) in [6.07, 6.45) is -3.72. The third kappa shape index (κ3) is 20.0. The Morgan fingerprint density at radius 1 is 0.865 bits per heavy atom. The lowest BCUT2D eigenvalue weighted by Gasteiger charge is -2.24. The van der Waals surface area contributed by atoms with Crippen LogP contribution in [0, 0.1) is 66.0 Å². The second kappa shape index (κ2) is 33.5. The van der Waals surface area contributed by atoms with E-state index in [1.807, 2.05) is 0 Å². The highest BCUT2D eigenvalue weighted by molar-refractivity contribution is 7.87. The van der Waals surface area contributed by atoms with Crippen LogP contribution in [0.15, 0.2) is 55.0 Å². The van der Waals surface area contributed by atoms with Crippen molar-refractivity contribution in [2.75, 3.05) is 70.4 Å². The summed E-state index contributed by atoms with van der Waals surface area (Å²) in [7, 11) is -4.23. The molecule has 2 aromatic heterocycles. The smallest absolute Gasteiger partial charge is 0.313 e. The number of hydrogen-bond donors (Lipinski definition) is 9. The molecule has 89 heavy (non-hydrogen) atoms. The summed E-state index contributed by atoms with van der Waals surface area (Å²) in [4.78, 5) is 68.7. The van der Waals surface area contributed by atoms with Gasteiger partial charge in [0, 0.05) is 37.5 Å². The maximum absolute atomic E-state index is 15.2. The summed E-state index contributed by atoms with van der Waals surface area (Å²) < 4.78 is 143. The van der Waals surface area contributed by atoms with Crippen LogP contribution < -0.4 is 51.3 Å². The number of fused-ring (bicyclic) bond motifs is 1. The van der Waals surface area contributed by atoms with E-state index in [2.05, 4.69) is 42.2 Å². The van der Waals surface area contributed by atoms with Gasteiger partial charge in [-0.2, -0.15) is 21.9 Å². The van der Waals surface area contributed by atoms with Crippen molar-refractivity contribution in [3.63, 3.8) is 0 Å². The zero-order valence-electron chi connectivity index (χ0n) is 48.8. The fraction of sp³-hybridized carbons (Fsp3) is 0.439. The summed E-state index contributed by atoms with van der Waals surface area (Å²) in [5, 5.41) is 35.7. The van der Waals surface area contributed by atoms with Gasteiger partial charge in [0.2, 0.25) is 70.7 Å². The van der Waals surface area contributed by atoms with Crippen LogP contribution in [-0.2, 0) is 54.9 Å². The van der Waals surface area contributed by atoms with Crippen LogP contribution in [0.4, 0.5) is 42.6 Å². The molecule has 0 saturated carbocycles. The number of ether oxygens (including phenoxy) is 6. The van der Waals surface area contributed by atoms with Crippen LogP contribution >= 0.6 is 0 Å². The van der Waals surface area contributed by atoms with E-state index in [4.69, 9.17) is 40.3 Å². The highest BCUT2D eigenvalue weighted by Crippen LogP contribution is 2.35. The van der Waals surface area contributed by atoms with Gasteiger partial charge in [0.15, 0.2) is 5.78 Å². The molecule has 3 heterocycles. The van der Waals surface area contributed by atoms with Gasteiger partial charge in [-0.1, -0.05) is 48.9 Å². The molecule has 3 aromatic carbocycles. The van der Waals surface area contributed by atoms with Crippen LogP contribution in [0.2, 0.25) is 0 Å². The number of Topliss-reactive ketones (excluding diaryl/α,β-unsaturated/α-hetero) is 1. The molecule has 486 valence electrons. The van der Waals surface area contributed by atoms with Crippen molar-refractivity contribution in [3.8, 4) is 23.3 Å². The van der Waals surface area contributed by atoms with Gasteiger partial charge in [0.05, 0.1) is 77.0 Å². The third-order valence-electron chi connectivity index (χ3n) is 13.4. The monoisotopic (exact) mass is 1280 g/mol. The Morgan fingerprint density at radius 2 is 1.49 bits per heavy atom. The number of aromatic nitrogens is 3. The van der Waals surface area contributed by atoms with Gasteiger partial charge in [-0.05, 0) is 55.5 Å². The lowest BCUT2D eigenvalue weighted by atomic mass is 9.89. The molecule has 1 aliphatic rings. The van der Waals surface area contributed by atoms with Crippen LogP contribution in [0.1, 0.15) is 75.8 Å². The molecular weight excluding hydrogens is 1210 g/mol. The molecule has 4 amide bonds. The lowest BCUT2D eigenvalue weighted by molar-refractivity contribution is -0.668. The molecule has 0 unspecified atom stereocenters. The highest BCUT2D eigenvalue weighted by Gasteiger charge is 2.47. The Kier molecular flexibility index (Phi) is 27.0. The molecule has 0 radical (unpaired) electrons. The molecule has 25 nitrogen and oxygen atoms in total. The van der Waals surface area contributed by atoms with Crippen molar-refractivity contribution >= 4 is 62.3 Å². The summed E-state index contributed by atoms with van der Waals surface area (Å²) in [5.74, 6) is -12.2. The minimum absolute atomic E-state index is 0. The van der Waals surface area contributed by atoms with E-state index in [0.29, 0.717) is 11.3 Å². The Balaban J connectivity index is 0.0000144. The normalized spacial score (nSPS) is 16.2. The number of nitrogens with zero attached hydrogens (tertiary/aromatic N) is 3. The van der Waals surface area contributed by atoms with E-state index in [1.54, 1.807) is 55.7 Å². The Morgan fingerprint density at radius 3 is 2.11 bits per heavy atom. The maximum Gasteiger partial charge on any atom is 0.313 e. The number of ketones is 1. The number of nitrogen functional groups attached to an aromatic ring is 1. The average molecular weight is 1280 g/mol. The number of urea groups is 1. The fourth-order valence-corrected chi connectivity index (χ4v) is 9.42. The molecule has 0 aliphatic carbocycles.